The lowest BCUT2D eigenvalue weighted by atomic mass is 9.89. The fourth-order valence-electron chi connectivity index (χ4n) is 3.33. The van der Waals surface area contributed by atoms with Crippen LogP contribution in [-0.2, 0) is 0 Å². The van der Waals surface area contributed by atoms with Crippen LogP contribution in [0, 0.1) is 5.92 Å². The Morgan fingerprint density at radius 2 is 1.62 bits per heavy atom. The lowest BCUT2D eigenvalue weighted by Gasteiger charge is -2.42. The molecule has 0 fully saturated rings. The summed E-state index contributed by atoms with van der Waals surface area (Å²) >= 11 is 0. The van der Waals surface area contributed by atoms with E-state index in [4.69, 9.17) is 5.73 Å². The van der Waals surface area contributed by atoms with E-state index in [1.165, 1.54) is 5.56 Å². The quantitative estimate of drug-likeness (QED) is 0.799. The summed E-state index contributed by atoms with van der Waals surface area (Å²) in [6.45, 7) is 11.2. The molecule has 0 saturated carbocycles. The molecule has 0 saturated heterocycles. The third-order valence-electron chi connectivity index (χ3n) is 4.18. The van der Waals surface area contributed by atoms with Gasteiger partial charge in [-0.3, -0.25) is 4.90 Å². The number of likely N-dealkylation sites (N-methyl/N-ethyl adjacent to an activating group) is 2. The van der Waals surface area contributed by atoms with Crippen molar-refractivity contribution in [2.24, 2.45) is 11.7 Å². The molecule has 0 aliphatic heterocycles. The molecule has 0 spiro atoms. The van der Waals surface area contributed by atoms with Crippen molar-refractivity contribution in [2.75, 3.05) is 27.2 Å². The van der Waals surface area contributed by atoms with Crippen molar-refractivity contribution in [1.29, 1.82) is 0 Å². The average Bonchev–Trinajstić information content (AvgIpc) is 2.43. The van der Waals surface area contributed by atoms with Crippen LogP contribution >= 0.6 is 0 Å². The molecule has 3 nitrogen and oxygen atoms in total. The van der Waals surface area contributed by atoms with E-state index in [0.717, 1.165) is 13.1 Å². The Kier molecular flexibility index (Phi) is 7.36. The van der Waals surface area contributed by atoms with Gasteiger partial charge in [0.2, 0.25) is 0 Å². The smallest absolute Gasteiger partial charge is 0.0455 e. The van der Waals surface area contributed by atoms with E-state index in [1.807, 2.05) is 6.07 Å². The summed E-state index contributed by atoms with van der Waals surface area (Å²) in [5.74, 6) is 0.518. The van der Waals surface area contributed by atoms with Crippen molar-refractivity contribution in [3.63, 3.8) is 0 Å². The van der Waals surface area contributed by atoms with Gasteiger partial charge in [0, 0.05) is 24.7 Å². The molecule has 3 heteroatoms. The van der Waals surface area contributed by atoms with Crippen molar-refractivity contribution in [2.45, 2.75) is 45.8 Å². The van der Waals surface area contributed by atoms with E-state index >= 15 is 0 Å². The molecule has 1 aromatic rings. The summed E-state index contributed by atoms with van der Waals surface area (Å²) in [4.78, 5) is 4.81. The Balaban J connectivity index is 2.98. The summed E-state index contributed by atoms with van der Waals surface area (Å²) in [7, 11) is 4.26. The van der Waals surface area contributed by atoms with Gasteiger partial charge in [-0.05, 0) is 39.0 Å². The van der Waals surface area contributed by atoms with Crippen LogP contribution in [-0.4, -0.2) is 49.1 Å². The first-order valence-corrected chi connectivity index (χ1v) is 8.09. The minimum Gasteiger partial charge on any atom is -0.323 e. The Bertz CT molecular complexity index is 389. The van der Waals surface area contributed by atoms with Gasteiger partial charge in [0.1, 0.15) is 0 Å². The third kappa shape index (κ3) is 5.10. The molecule has 0 amide bonds. The lowest BCUT2D eigenvalue weighted by Crippen LogP contribution is -2.52. The zero-order chi connectivity index (χ0) is 16.0. The second-order valence-corrected chi connectivity index (χ2v) is 6.61. The van der Waals surface area contributed by atoms with Crippen molar-refractivity contribution < 1.29 is 0 Å². The Morgan fingerprint density at radius 1 is 1.05 bits per heavy atom. The maximum Gasteiger partial charge on any atom is 0.0455 e. The zero-order valence-corrected chi connectivity index (χ0v) is 14.6. The van der Waals surface area contributed by atoms with Gasteiger partial charge in [-0.1, -0.05) is 51.1 Å². The second kappa shape index (κ2) is 8.52. The van der Waals surface area contributed by atoms with E-state index in [-0.39, 0.29) is 6.04 Å². The van der Waals surface area contributed by atoms with Crippen molar-refractivity contribution in [3.8, 4) is 0 Å². The normalized spacial score (nSPS) is 16.5. The third-order valence-corrected chi connectivity index (χ3v) is 4.18. The van der Waals surface area contributed by atoms with E-state index in [9.17, 15) is 0 Å². The average molecular weight is 291 g/mol. The minimum atomic E-state index is 0.0516. The Labute approximate surface area is 131 Å². The fraction of sp³-hybridized carbons (Fsp3) is 0.667. The van der Waals surface area contributed by atoms with Crippen LogP contribution in [0.1, 0.15) is 39.3 Å². The van der Waals surface area contributed by atoms with Gasteiger partial charge < -0.3 is 10.6 Å². The first-order valence-electron chi connectivity index (χ1n) is 8.09. The first-order chi connectivity index (χ1) is 9.88. The molecule has 0 heterocycles. The maximum atomic E-state index is 6.63. The van der Waals surface area contributed by atoms with Gasteiger partial charge in [0.15, 0.2) is 0 Å². The summed E-state index contributed by atoms with van der Waals surface area (Å²) in [6, 6.07) is 11.4. The van der Waals surface area contributed by atoms with Crippen LogP contribution in [0.5, 0.6) is 0 Å². The molecule has 3 atom stereocenters. The van der Waals surface area contributed by atoms with Crippen LogP contribution in [0.25, 0.3) is 0 Å². The molecule has 1 rings (SSSR count). The highest BCUT2D eigenvalue weighted by atomic mass is 15.2. The number of hydrogen-bond donors (Lipinski definition) is 1. The lowest BCUT2D eigenvalue weighted by molar-refractivity contribution is 0.0812. The molecule has 2 N–H and O–H groups in total. The largest absolute Gasteiger partial charge is 0.323 e. The highest BCUT2D eigenvalue weighted by Gasteiger charge is 2.30. The number of benzene rings is 1. The van der Waals surface area contributed by atoms with Crippen LogP contribution in [0.4, 0.5) is 0 Å². The highest BCUT2D eigenvalue weighted by Crippen LogP contribution is 2.26. The van der Waals surface area contributed by atoms with Crippen LogP contribution in [0.15, 0.2) is 30.3 Å². The van der Waals surface area contributed by atoms with E-state index in [2.05, 4.69) is 75.9 Å². The summed E-state index contributed by atoms with van der Waals surface area (Å²) in [6.07, 6.45) is 0. The van der Waals surface area contributed by atoms with Gasteiger partial charge in [-0.2, -0.15) is 0 Å². The molecule has 0 aromatic heterocycles. The fourth-order valence-corrected chi connectivity index (χ4v) is 3.33. The molecule has 0 aliphatic rings. The molecule has 0 radical (unpaired) electrons. The van der Waals surface area contributed by atoms with Crippen molar-refractivity contribution >= 4 is 0 Å². The van der Waals surface area contributed by atoms with Crippen molar-refractivity contribution in [1.82, 2.24) is 9.80 Å². The number of hydrogen-bond acceptors (Lipinski definition) is 3. The molecule has 0 bridgehead atoms. The van der Waals surface area contributed by atoms with E-state index in [0.29, 0.717) is 18.0 Å². The van der Waals surface area contributed by atoms with Gasteiger partial charge in [-0.25, -0.2) is 0 Å². The van der Waals surface area contributed by atoms with Crippen LogP contribution in [0.2, 0.25) is 0 Å². The molecule has 21 heavy (non-hydrogen) atoms. The first kappa shape index (κ1) is 18.1. The molecule has 0 aliphatic carbocycles. The minimum absolute atomic E-state index is 0.0516. The maximum absolute atomic E-state index is 6.63. The Morgan fingerprint density at radius 3 is 2.05 bits per heavy atom. The molecule has 120 valence electrons. The van der Waals surface area contributed by atoms with Crippen molar-refractivity contribution in [3.05, 3.63) is 35.9 Å². The highest BCUT2D eigenvalue weighted by molar-refractivity contribution is 5.20. The summed E-state index contributed by atoms with van der Waals surface area (Å²) in [5.41, 5.74) is 7.86. The second-order valence-electron chi connectivity index (χ2n) is 6.61. The van der Waals surface area contributed by atoms with Crippen LogP contribution in [0.3, 0.4) is 0 Å². The Hall–Kier alpha value is -0.900. The molecular formula is C18H33N3. The zero-order valence-electron chi connectivity index (χ0n) is 14.6. The SMILES string of the molecule is CCN(C(C)CN(C)C)C(C(C)C)C(N)c1ccccc1. The standard InChI is InChI=1S/C18H33N3/c1-7-21(15(4)13-20(5)6)18(14(2)3)17(19)16-11-9-8-10-12-16/h8-12,14-15,17-18H,7,13,19H2,1-6H3. The number of nitrogens with zero attached hydrogens (tertiary/aromatic N) is 2. The predicted molar refractivity (Wildman–Crippen MR) is 92.4 cm³/mol. The molecular weight excluding hydrogens is 258 g/mol. The molecule has 3 unspecified atom stereocenters. The van der Waals surface area contributed by atoms with Gasteiger partial charge in [-0.15, -0.1) is 0 Å². The van der Waals surface area contributed by atoms with Gasteiger partial charge >= 0.3 is 0 Å². The van der Waals surface area contributed by atoms with Crippen LogP contribution < -0.4 is 5.73 Å². The van der Waals surface area contributed by atoms with E-state index in [1.54, 1.807) is 0 Å². The van der Waals surface area contributed by atoms with E-state index < -0.39 is 0 Å². The topological polar surface area (TPSA) is 32.5 Å². The predicted octanol–water partition coefficient (Wildman–Crippen LogP) is 2.98. The summed E-state index contributed by atoms with van der Waals surface area (Å²) < 4.78 is 0. The van der Waals surface area contributed by atoms with Gasteiger partial charge in [0.05, 0.1) is 0 Å². The molecule has 1 aromatic carbocycles. The summed E-state index contributed by atoms with van der Waals surface area (Å²) in [5, 5.41) is 0. The number of rotatable bonds is 8. The number of nitrogens with two attached hydrogens (primary N) is 1. The monoisotopic (exact) mass is 291 g/mol. The van der Waals surface area contributed by atoms with Gasteiger partial charge in [0.25, 0.3) is 0 Å².